The second-order valence-electron chi connectivity index (χ2n) is 5.55. The average molecular weight is 315 g/mol. The number of carboxylic acids is 1. The number of nitrogens with two attached hydrogens (primary N) is 1. The molecule has 0 aromatic rings. The normalized spacial score (nSPS) is 11.9. The van der Waals surface area contributed by atoms with Crippen LogP contribution in [0.4, 0.5) is 0 Å². The highest BCUT2D eigenvalue weighted by atomic mass is 16.6. The van der Waals surface area contributed by atoms with Gasteiger partial charge in [-0.05, 0) is 12.8 Å². The number of carbonyl (C=O) groups is 3. The first-order valence-electron chi connectivity index (χ1n) is 8.19. The molecule has 128 valence electrons. The highest BCUT2D eigenvalue weighted by molar-refractivity contribution is 5.85. The number of ether oxygens (including phenoxy) is 1. The molecule has 0 aromatic carbocycles. The van der Waals surface area contributed by atoms with E-state index in [1.54, 1.807) is 0 Å². The molecular formula is C16H29NO5. The van der Waals surface area contributed by atoms with Crippen molar-refractivity contribution >= 4 is 17.9 Å². The molecular weight excluding hydrogens is 286 g/mol. The Labute approximate surface area is 132 Å². The van der Waals surface area contributed by atoms with Crippen LogP contribution in [0.15, 0.2) is 0 Å². The first-order chi connectivity index (χ1) is 10.5. The van der Waals surface area contributed by atoms with E-state index in [0.717, 1.165) is 12.8 Å². The number of carboxylic acid groups (broad SMARTS) is 1. The molecule has 0 aliphatic heterocycles. The summed E-state index contributed by atoms with van der Waals surface area (Å²) < 4.78 is 4.61. The largest absolute Gasteiger partial charge is 0.480 e. The molecule has 6 nitrogen and oxygen atoms in total. The molecule has 0 saturated carbocycles. The monoisotopic (exact) mass is 315 g/mol. The van der Waals surface area contributed by atoms with Crippen LogP contribution in [0.2, 0.25) is 0 Å². The van der Waals surface area contributed by atoms with E-state index in [2.05, 4.69) is 11.7 Å². The number of rotatable bonds is 13. The van der Waals surface area contributed by atoms with Crippen LogP contribution in [0, 0.1) is 0 Å². The van der Waals surface area contributed by atoms with Gasteiger partial charge in [0.15, 0.2) is 0 Å². The van der Waals surface area contributed by atoms with E-state index in [0.29, 0.717) is 6.42 Å². The third kappa shape index (κ3) is 12.3. The van der Waals surface area contributed by atoms with Gasteiger partial charge in [0.2, 0.25) is 0 Å². The Morgan fingerprint density at radius 2 is 1.41 bits per heavy atom. The van der Waals surface area contributed by atoms with Gasteiger partial charge in [-0.15, -0.1) is 0 Å². The van der Waals surface area contributed by atoms with E-state index in [4.69, 9.17) is 10.8 Å². The van der Waals surface area contributed by atoms with E-state index < -0.39 is 23.9 Å². The van der Waals surface area contributed by atoms with E-state index in [1.807, 2.05) is 0 Å². The summed E-state index contributed by atoms with van der Waals surface area (Å²) in [6.45, 7) is 2.18. The Kier molecular flexibility index (Phi) is 12.4. The second-order valence-corrected chi connectivity index (χ2v) is 5.55. The lowest BCUT2D eigenvalue weighted by Gasteiger charge is -2.06. The number of hydrogen-bond donors (Lipinski definition) is 2. The van der Waals surface area contributed by atoms with Gasteiger partial charge < -0.3 is 15.6 Å². The van der Waals surface area contributed by atoms with Crippen LogP contribution >= 0.6 is 0 Å². The molecule has 0 saturated heterocycles. The van der Waals surface area contributed by atoms with Crippen LogP contribution in [-0.4, -0.2) is 29.1 Å². The SMILES string of the molecule is CCCCCCCCCCC(=O)OC(=O)CC[C@H](N)C(=O)O. The molecule has 0 aliphatic rings. The predicted octanol–water partition coefficient (Wildman–Crippen LogP) is 2.78. The third-order valence-electron chi connectivity index (χ3n) is 3.44. The number of unbranched alkanes of at least 4 members (excludes halogenated alkanes) is 7. The summed E-state index contributed by atoms with van der Waals surface area (Å²) in [6.07, 6.45) is 9.01. The van der Waals surface area contributed by atoms with E-state index in [1.165, 1.54) is 32.1 Å². The van der Waals surface area contributed by atoms with Crippen LogP contribution in [0.5, 0.6) is 0 Å². The summed E-state index contributed by atoms with van der Waals surface area (Å²) in [5.41, 5.74) is 5.26. The van der Waals surface area contributed by atoms with Gasteiger partial charge in [0.25, 0.3) is 0 Å². The fourth-order valence-corrected chi connectivity index (χ4v) is 2.03. The molecule has 22 heavy (non-hydrogen) atoms. The molecule has 0 aromatic heterocycles. The second kappa shape index (κ2) is 13.2. The number of carbonyl (C=O) groups excluding carboxylic acids is 2. The topological polar surface area (TPSA) is 107 Å². The average Bonchev–Trinajstić information content (AvgIpc) is 2.47. The van der Waals surface area contributed by atoms with Crippen molar-refractivity contribution in [2.75, 3.05) is 0 Å². The molecule has 0 radical (unpaired) electrons. The van der Waals surface area contributed by atoms with Gasteiger partial charge in [-0.25, -0.2) is 0 Å². The van der Waals surface area contributed by atoms with Crippen molar-refractivity contribution < 1.29 is 24.2 Å². The molecule has 3 N–H and O–H groups in total. The lowest BCUT2D eigenvalue weighted by atomic mass is 10.1. The van der Waals surface area contributed by atoms with Gasteiger partial charge in [0, 0.05) is 12.8 Å². The number of aliphatic carboxylic acids is 1. The molecule has 0 fully saturated rings. The molecule has 0 heterocycles. The minimum Gasteiger partial charge on any atom is -0.480 e. The highest BCUT2D eigenvalue weighted by Gasteiger charge is 2.16. The Bertz CT molecular complexity index is 343. The minimum atomic E-state index is -1.17. The summed E-state index contributed by atoms with van der Waals surface area (Å²) in [5.74, 6) is -2.42. The van der Waals surface area contributed by atoms with Crippen LogP contribution in [-0.2, 0) is 19.1 Å². The fraction of sp³-hybridized carbons (Fsp3) is 0.812. The van der Waals surface area contributed by atoms with E-state index in [-0.39, 0.29) is 19.3 Å². The molecule has 0 unspecified atom stereocenters. The molecule has 0 rings (SSSR count). The van der Waals surface area contributed by atoms with Crippen LogP contribution in [0.3, 0.4) is 0 Å². The van der Waals surface area contributed by atoms with Crippen LogP contribution < -0.4 is 5.73 Å². The number of esters is 2. The van der Waals surface area contributed by atoms with Gasteiger partial charge in [0.1, 0.15) is 6.04 Å². The summed E-state index contributed by atoms with van der Waals surface area (Å²) >= 11 is 0. The number of hydrogen-bond acceptors (Lipinski definition) is 5. The minimum absolute atomic E-state index is 0.0286. The third-order valence-corrected chi connectivity index (χ3v) is 3.44. The summed E-state index contributed by atoms with van der Waals surface area (Å²) in [6, 6.07) is -1.10. The molecule has 0 amide bonds. The summed E-state index contributed by atoms with van der Waals surface area (Å²) in [5, 5.41) is 8.57. The molecule has 0 aliphatic carbocycles. The Morgan fingerprint density at radius 3 is 1.95 bits per heavy atom. The van der Waals surface area contributed by atoms with Gasteiger partial charge in [0.05, 0.1) is 0 Å². The zero-order valence-corrected chi connectivity index (χ0v) is 13.5. The Hall–Kier alpha value is -1.43. The maximum atomic E-state index is 11.4. The van der Waals surface area contributed by atoms with Crippen molar-refractivity contribution in [1.82, 2.24) is 0 Å². The Morgan fingerprint density at radius 1 is 0.909 bits per heavy atom. The van der Waals surface area contributed by atoms with E-state index >= 15 is 0 Å². The maximum absolute atomic E-state index is 11.4. The first kappa shape index (κ1) is 20.6. The van der Waals surface area contributed by atoms with Crippen molar-refractivity contribution in [3.8, 4) is 0 Å². The van der Waals surface area contributed by atoms with E-state index in [9.17, 15) is 14.4 Å². The lowest BCUT2D eigenvalue weighted by molar-refractivity contribution is -0.159. The van der Waals surface area contributed by atoms with Gasteiger partial charge in [-0.3, -0.25) is 14.4 Å². The van der Waals surface area contributed by atoms with Crippen LogP contribution in [0.25, 0.3) is 0 Å². The maximum Gasteiger partial charge on any atom is 0.320 e. The van der Waals surface area contributed by atoms with Crippen molar-refractivity contribution in [2.45, 2.75) is 83.6 Å². The van der Waals surface area contributed by atoms with Gasteiger partial charge in [-0.2, -0.15) is 0 Å². The molecule has 1 atom stereocenters. The van der Waals surface area contributed by atoms with Gasteiger partial charge >= 0.3 is 17.9 Å². The standard InChI is InChI=1S/C16H29NO5/c1-2-3-4-5-6-7-8-9-10-14(18)22-15(19)12-11-13(17)16(20)21/h13H,2-12,17H2,1H3,(H,20,21)/t13-/m0/s1. The fourth-order valence-electron chi connectivity index (χ4n) is 2.03. The summed E-state index contributed by atoms with van der Waals surface area (Å²) in [4.78, 5) is 33.2. The zero-order chi connectivity index (χ0) is 16.8. The quantitative estimate of drug-likeness (QED) is 0.307. The van der Waals surface area contributed by atoms with Gasteiger partial charge in [-0.1, -0.05) is 51.9 Å². The zero-order valence-electron chi connectivity index (χ0n) is 13.5. The van der Waals surface area contributed by atoms with Crippen molar-refractivity contribution in [3.05, 3.63) is 0 Å². The van der Waals surface area contributed by atoms with Crippen molar-refractivity contribution in [1.29, 1.82) is 0 Å². The summed E-state index contributed by atoms with van der Waals surface area (Å²) in [7, 11) is 0. The predicted molar refractivity (Wildman–Crippen MR) is 83.2 cm³/mol. The molecule has 6 heteroatoms. The van der Waals surface area contributed by atoms with Crippen molar-refractivity contribution in [2.24, 2.45) is 5.73 Å². The lowest BCUT2D eigenvalue weighted by Crippen LogP contribution is -2.30. The van der Waals surface area contributed by atoms with Crippen molar-refractivity contribution in [3.63, 3.8) is 0 Å². The highest BCUT2D eigenvalue weighted by Crippen LogP contribution is 2.10. The first-order valence-corrected chi connectivity index (χ1v) is 8.19. The smallest absolute Gasteiger partial charge is 0.320 e. The molecule has 0 bridgehead atoms. The molecule has 0 spiro atoms. The van der Waals surface area contributed by atoms with Crippen LogP contribution in [0.1, 0.15) is 77.6 Å². The Balaban J connectivity index is 3.52.